The predicted octanol–water partition coefficient (Wildman–Crippen LogP) is 2.93. The zero-order valence-corrected chi connectivity index (χ0v) is 11.1. The van der Waals surface area contributed by atoms with Crippen molar-refractivity contribution in [3.8, 4) is 0 Å². The molecule has 0 aliphatic rings. The van der Waals surface area contributed by atoms with Gasteiger partial charge in [0.25, 0.3) is 0 Å². The van der Waals surface area contributed by atoms with Crippen LogP contribution >= 0.6 is 11.6 Å². The summed E-state index contributed by atoms with van der Waals surface area (Å²) >= 11 is 6.12. The molecule has 0 N–H and O–H groups in total. The second-order valence-corrected chi connectivity index (χ2v) is 5.98. The van der Waals surface area contributed by atoms with Gasteiger partial charge in [0.15, 0.2) is 0 Å². The first-order valence-corrected chi connectivity index (χ1v) is 7.08. The molecule has 0 fully saturated rings. The van der Waals surface area contributed by atoms with Gasteiger partial charge in [-0.3, -0.25) is 0 Å². The zero-order valence-electron chi connectivity index (χ0n) is 8.60. The summed E-state index contributed by atoms with van der Waals surface area (Å²) < 4.78 is 7.86. The van der Waals surface area contributed by atoms with E-state index in [1.807, 2.05) is 18.2 Å². The molecule has 0 aliphatic carbocycles. The Bertz CT molecular complexity index is 448. The Morgan fingerprint density at radius 3 is 2.62 bits per heavy atom. The van der Waals surface area contributed by atoms with Crippen LogP contribution in [0.5, 0.6) is 0 Å². The second kappa shape index (κ2) is 5.95. The summed E-state index contributed by atoms with van der Waals surface area (Å²) in [6.07, 6.45) is 2.49. The Balaban J connectivity index is 2.02. The van der Waals surface area contributed by atoms with Crippen LogP contribution in [0.1, 0.15) is 5.76 Å². The van der Waals surface area contributed by atoms with E-state index in [-0.39, 0.29) is 15.0 Å². The van der Waals surface area contributed by atoms with Gasteiger partial charge in [-0.15, -0.1) is 0 Å². The molecule has 16 heavy (non-hydrogen) atoms. The van der Waals surface area contributed by atoms with Gasteiger partial charge >= 0.3 is 106 Å². The number of hydrogen-bond acceptors (Lipinski definition) is 1. The van der Waals surface area contributed by atoms with Crippen molar-refractivity contribution >= 4 is 31.0 Å². The standard InChI is InChI=1S/C13H11ClOSe/c14-10-13(9-11-5-4-8-15-11)16-12-6-2-1-3-7-12/h1-8,10H,9H2/b13-10-. The van der Waals surface area contributed by atoms with Gasteiger partial charge in [-0.25, -0.2) is 0 Å². The summed E-state index contributed by atoms with van der Waals surface area (Å²) in [6, 6.07) is 14.3. The Hall–Kier alpha value is -0.951. The van der Waals surface area contributed by atoms with Crippen molar-refractivity contribution in [3.63, 3.8) is 0 Å². The number of allylic oxidation sites excluding steroid dienone is 1. The molecule has 0 bridgehead atoms. The molecule has 0 amide bonds. The van der Waals surface area contributed by atoms with E-state index in [0.29, 0.717) is 0 Å². The van der Waals surface area contributed by atoms with Gasteiger partial charge in [-0.05, 0) is 0 Å². The van der Waals surface area contributed by atoms with Crippen LogP contribution in [0.3, 0.4) is 0 Å². The molecule has 1 heterocycles. The number of rotatable bonds is 4. The SMILES string of the molecule is Cl/C=C(/Cc1ccco1)[Se]c1ccccc1. The fourth-order valence-corrected chi connectivity index (χ4v) is 3.42. The quantitative estimate of drug-likeness (QED) is 0.791. The van der Waals surface area contributed by atoms with Crippen LogP contribution in [0.25, 0.3) is 0 Å². The fourth-order valence-electron chi connectivity index (χ4n) is 1.32. The fraction of sp³-hybridized carbons (Fsp3) is 0.0769. The summed E-state index contributed by atoms with van der Waals surface area (Å²) in [5, 5.41) is 0. The van der Waals surface area contributed by atoms with Gasteiger partial charge in [-0.1, -0.05) is 0 Å². The summed E-state index contributed by atoms with van der Waals surface area (Å²) in [5.41, 5.74) is 1.68. The maximum absolute atomic E-state index is 5.85. The average Bonchev–Trinajstić information content (AvgIpc) is 2.82. The summed E-state index contributed by atoms with van der Waals surface area (Å²) in [6.45, 7) is 0. The molecule has 0 aliphatic heterocycles. The van der Waals surface area contributed by atoms with Crippen molar-refractivity contribution in [2.45, 2.75) is 6.42 Å². The first kappa shape index (κ1) is 11.5. The molecule has 1 aromatic heterocycles. The van der Waals surface area contributed by atoms with E-state index in [1.165, 1.54) is 8.93 Å². The van der Waals surface area contributed by atoms with Gasteiger partial charge in [0.1, 0.15) is 0 Å². The van der Waals surface area contributed by atoms with Crippen molar-refractivity contribution in [1.82, 2.24) is 0 Å². The van der Waals surface area contributed by atoms with Crippen LogP contribution in [0.15, 0.2) is 63.2 Å². The molecule has 0 spiro atoms. The van der Waals surface area contributed by atoms with Gasteiger partial charge in [0.2, 0.25) is 0 Å². The summed E-state index contributed by atoms with van der Waals surface area (Å²) in [5.74, 6) is 0.963. The Morgan fingerprint density at radius 1 is 1.19 bits per heavy atom. The van der Waals surface area contributed by atoms with Crippen LogP contribution in [0.2, 0.25) is 0 Å². The number of halogens is 1. The van der Waals surface area contributed by atoms with Crippen molar-refractivity contribution in [2.24, 2.45) is 0 Å². The molecular weight excluding hydrogens is 287 g/mol. The van der Waals surface area contributed by atoms with Crippen LogP contribution < -0.4 is 4.46 Å². The molecule has 1 aromatic carbocycles. The normalized spacial score (nSPS) is 11.7. The molecule has 0 unspecified atom stereocenters. The Kier molecular flexibility index (Phi) is 4.29. The zero-order chi connectivity index (χ0) is 11.2. The van der Waals surface area contributed by atoms with E-state index in [0.717, 1.165) is 12.2 Å². The van der Waals surface area contributed by atoms with Gasteiger partial charge in [0.05, 0.1) is 0 Å². The van der Waals surface area contributed by atoms with E-state index < -0.39 is 0 Å². The van der Waals surface area contributed by atoms with E-state index in [4.69, 9.17) is 16.0 Å². The molecule has 2 rings (SSSR count). The predicted molar refractivity (Wildman–Crippen MR) is 68.2 cm³/mol. The second-order valence-electron chi connectivity index (χ2n) is 3.25. The molecule has 0 saturated heterocycles. The van der Waals surface area contributed by atoms with Crippen LogP contribution in [0.4, 0.5) is 0 Å². The number of hydrogen-bond donors (Lipinski definition) is 0. The Morgan fingerprint density at radius 2 is 2.00 bits per heavy atom. The minimum absolute atomic E-state index is 0.274. The van der Waals surface area contributed by atoms with Crippen LogP contribution in [-0.2, 0) is 6.42 Å². The molecule has 3 heteroatoms. The molecule has 82 valence electrons. The monoisotopic (exact) mass is 298 g/mol. The number of benzene rings is 1. The third kappa shape index (κ3) is 3.28. The van der Waals surface area contributed by atoms with Crippen LogP contribution in [-0.4, -0.2) is 15.0 Å². The van der Waals surface area contributed by atoms with Crippen molar-refractivity contribution in [2.75, 3.05) is 0 Å². The third-order valence-corrected chi connectivity index (χ3v) is 4.77. The number of furan rings is 1. The third-order valence-electron chi connectivity index (χ3n) is 2.04. The van der Waals surface area contributed by atoms with E-state index >= 15 is 0 Å². The summed E-state index contributed by atoms with van der Waals surface area (Å²) in [4.78, 5) is 0. The maximum atomic E-state index is 5.85. The first-order chi connectivity index (χ1) is 7.88. The molecular formula is C13H11ClOSe. The molecule has 2 aromatic rings. The topological polar surface area (TPSA) is 13.1 Å². The van der Waals surface area contributed by atoms with Gasteiger partial charge in [-0.2, -0.15) is 0 Å². The molecule has 0 atom stereocenters. The molecule has 0 radical (unpaired) electrons. The molecule has 0 saturated carbocycles. The van der Waals surface area contributed by atoms with Gasteiger partial charge in [0, 0.05) is 0 Å². The van der Waals surface area contributed by atoms with Crippen LogP contribution in [0, 0.1) is 0 Å². The average molecular weight is 298 g/mol. The van der Waals surface area contributed by atoms with E-state index in [1.54, 1.807) is 11.8 Å². The summed E-state index contributed by atoms with van der Waals surface area (Å²) in [7, 11) is 0. The Labute approximate surface area is 106 Å². The van der Waals surface area contributed by atoms with E-state index in [2.05, 4.69) is 24.3 Å². The van der Waals surface area contributed by atoms with Crippen molar-refractivity contribution in [1.29, 1.82) is 0 Å². The van der Waals surface area contributed by atoms with E-state index in [9.17, 15) is 0 Å². The van der Waals surface area contributed by atoms with Crippen molar-refractivity contribution < 1.29 is 4.42 Å². The van der Waals surface area contributed by atoms with Crippen molar-refractivity contribution in [3.05, 3.63) is 64.5 Å². The van der Waals surface area contributed by atoms with Gasteiger partial charge < -0.3 is 0 Å². The minimum atomic E-state index is 0.274. The molecule has 1 nitrogen and oxygen atoms in total. The first-order valence-electron chi connectivity index (χ1n) is 4.93.